The van der Waals surface area contributed by atoms with Crippen molar-refractivity contribution in [1.29, 1.82) is 0 Å². The molecule has 3 aliphatic heterocycles. The van der Waals surface area contributed by atoms with Crippen LogP contribution in [-0.2, 0) is 7.05 Å². The monoisotopic (exact) mass is 454 g/mol. The number of piperidine rings is 1. The molecule has 3 heterocycles. The second-order valence-corrected chi connectivity index (χ2v) is 8.52. The van der Waals surface area contributed by atoms with Gasteiger partial charge in [0.2, 0.25) is 0 Å². The summed E-state index contributed by atoms with van der Waals surface area (Å²) in [7, 11) is 2.97. The van der Waals surface area contributed by atoms with E-state index in [1.807, 2.05) is 26.0 Å². The van der Waals surface area contributed by atoms with Gasteiger partial charge in [-0.15, -0.1) is 0 Å². The first-order chi connectivity index (χ1) is 15.9. The van der Waals surface area contributed by atoms with Gasteiger partial charge >= 0.3 is 5.69 Å². The summed E-state index contributed by atoms with van der Waals surface area (Å²) in [6, 6.07) is 5.33. The summed E-state index contributed by atoms with van der Waals surface area (Å²) in [5.41, 5.74) is -0.380. The molecular weight excluding hydrogens is 424 g/mol. The van der Waals surface area contributed by atoms with Crippen LogP contribution in [0.5, 0.6) is 11.5 Å². The zero-order valence-electron chi connectivity index (χ0n) is 19.6. The van der Waals surface area contributed by atoms with Crippen molar-refractivity contribution < 1.29 is 9.47 Å². The fraction of sp³-hybridized carbons (Fsp3) is 0.522. The van der Waals surface area contributed by atoms with Crippen molar-refractivity contribution in [3.05, 3.63) is 39.0 Å². The molecular formula is C23H30N6O4. The highest BCUT2D eigenvalue weighted by Gasteiger charge is 2.22. The zero-order valence-corrected chi connectivity index (χ0v) is 19.6. The van der Waals surface area contributed by atoms with Gasteiger partial charge in [0.1, 0.15) is 6.61 Å². The number of rotatable bonds is 7. The van der Waals surface area contributed by atoms with Gasteiger partial charge in [-0.2, -0.15) is 10.1 Å². The lowest BCUT2D eigenvalue weighted by molar-refractivity contribution is 0.180. The largest absolute Gasteiger partial charge is 0.493 e. The summed E-state index contributed by atoms with van der Waals surface area (Å²) in [6.45, 7) is 7.51. The topological polar surface area (TPSA) is 104 Å². The van der Waals surface area contributed by atoms with Gasteiger partial charge in [-0.1, -0.05) is 6.42 Å². The summed E-state index contributed by atoms with van der Waals surface area (Å²) in [4.78, 5) is 35.6. The Labute approximate surface area is 192 Å². The van der Waals surface area contributed by atoms with E-state index < -0.39 is 11.2 Å². The normalized spacial score (nSPS) is 14.7. The van der Waals surface area contributed by atoms with E-state index in [2.05, 4.69) is 20.0 Å². The van der Waals surface area contributed by atoms with E-state index in [4.69, 9.17) is 9.47 Å². The Bertz CT molecular complexity index is 1210. The average molecular weight is 455 g/mol. The Morgan fingerprint density at radius 3 is 2.52 bits per heavy atom. The molecule has 1 aromatic carbocycles. The molecule has 10 nitrogen and oxygen atoms in total. The number of benzene rings is 1. The van der Waals surface area contributed by atoms with Crippen molar-refractivity contribution in [3.63, 3.8) is 0 Å². The standard InChI is InChI=1S/C23H30N6O4/c1-15(2)29-21-19(22(30)27(3)23(31)25-21)24-20(26-29)16-8-9-17(18(14-16)32-4)33-13-12-28-10-6-5-7-11-28/h8-9,14-15H,5-7,10-13H2,1-4H3. The van der Waals surface area contributed by atoms with Crippen LogP contribution in [0, 0.1) is 0 Å². The van der Waals surface area contributed by atoms with E-state index in [0.717, 1.165) is 24.2 Å². The second kappa shape index (κ2) is 9.70. The van der Waals surface area contributed by atoms with Gasteiger partial charge in [0, 0.05) is 25.2 Å². The van der Waals surface area contributed by atoms with Crippen molar-refractivity contribution in [3.8, 4) is 34.4 Å². The van der Waals surface area contributed by atoms with Crippen LogP contribution in [0.25, 0.3) is 22.9 Å². The van der Waals surface area contributed by atoms with Gasteiger partial charge < -0.3 is 9.47 Å². The van der Waals surface area contributed by atoms with Crippen LogP contribution < -0.4 is 20.7 Å². The van der Waals surface area contributed by atoms with E-state index in [-0.39, 0.29) is 17.6 Å². The summed E-state index contributed by atoms with van der Waals surface area (Å²) < 4.78 is 14.0. The molecule has 176 valence electrons. The maximum atomic E-state index is 12.7. The molecule has 0 spiro atoms. The summed E-state index contributed by atoms with van der Waals surface area (Å²) >= 11 is 0. The first-order valence-electron chi connectivity index (χ1n) is 11.3. The number of ether oxygens (including phenoxy) is 2. The molecule has 0 radical (unpaired) electrons. The Morgan fingerprint density at radius 1 is 1.06 bits per heavy atom. The van der Waals surface area contributed by atoms with E-state index in [0.29, 0.717) is 29.5 Å². The third kappa shape index (κ3) is 4.75. The molecule has 0 N–H and O–H groups in total. The van der Waals surface area contributed by atoms with Gasteiger partial charge in [0.05, 0.1) is 7.11 Å². The van der Waals surface area contributed by atoms with E-state index in [1.165, 1.54) is 26.3 Å². The lowest BCUT2D eigenvalue weighted by Crippen LogP contribution is -2.37. The Balaban J connectivity index is 1.65. The predicted octanol–water partition coefficient (Wildman–Crippen LogP) is 1.96. The quantitative estimate of drug-likeness (QED) is 0.534. The zero-order chi connectivity index (χ0) is 23.5. The fourth-order valence-corrected chi connectivity index (χ4v) is 3.97. The molecule has 0 bridgehead atoms. The predicted molar refractivity (Wildman–Crippen MR) is 124 cm³/mol. The molecule has 33 heavy (non-hydrogen) atoms. The Morgan fingerprint density at radius 2 is 1.82 bits per heavy atom. The molecule has 4 rings (SSSR count). The van der Waals surface area contributed by atoms with Crippen molar-refractivity contribution in [2.75, 3.05) is 33.4 Å². The first-order valence-corrected chi connectivity index (χ1v) is 11.3. The third-order valence-electron chi connectivity index (χ3n) is 5.87. The number of hydrogen-bond donors (Lipinski definition) is 0. The van der Waals surface area contributed by atoms with Crippen LogP contribution in [0.2, 0.25) is 0 Å². The number of aromatic nitrogens is 5. The van der Waals surface area contributed by atoms with Crippen molar-refractivity contribution in [1.82, 2.24) is 29.2 Å². The van der Waals surface area contributed by atoms with Crippen LogP contribution in [0.15, 0.2) is 27.8 Å². The molecule has 1 fully saturated rings. The maximum absolute atomic E-state index is 12.7. The molecule has 0 aromatic heterocycles. The minimum atomic E-state index is -0.633. The Kier molecular flexibility index (Phi) is 6.73. The molecule has 0 unspecified atom stereocenters. The third-order valence-corrected chi connectivity index (χ3v) is 5.87. The van der Waals surface area contributed by atoms with Gasteiger partial charge in [-0.25, -0.2) is 14.5 Å². The highest BCUT2D eigenvalue weighted by atomic mass is 16.5. The summed E-state index contributed by atoms with van der Waals surface area (Å²) in [5.74, 6) is 1.72. The van der Waals surface area contributed by atoms with Crippen LogP contribution >= 0.6 is 0 Å². The van der Waals surface area contributed by atoms with E-state index in [1.54, 1.807) is 17.9 Å². The van der Waals surface area contributed by atoms with E-state index >= 15 is 0 Å². The molecule has 0 amide bonds. The lowest BCUT2D eigenvalue weighted by atomic mass is 10.1. The molecule has 1 saturated heterocycles. The maximum Gasteiger partial charge on any atom is 0.352 e. The van der Waals surface area contributed by atoms with Gasteiger partial charge in [0.25, 0.3) is 5.56 Å². The van der Waals surface area contributed by atoms with Crippen molar-refractivity contribution in [2.24, 2.45) is 7.05 Å². The molecule has 0 atom stereocenters. The number of likely N-dealkylation sites (tertiary alicyclic amines) is 1. The van der Waals surface area contributed by atoms with Crippen LogP contribution in [0.1, 0.15) is 39.2 Å². The van der Waals surface area contributed by atoms with Crippen LogP contribution in [0.4, 0.5) is 0 Å². The molecule has 3 aliphatic rings. The number of nitrogens with zero attached hydrogens (tertiary/aromatic N) is 6. The number of hydrogen-bond acceptors (Lipinski definition) is 8. The first kappa shape index (κ1) is 22.9. The van der Waals surface area contributed by atoms with Crippen LogP contribution in [-0.4, -0.2) is 62.6 Å². The number of methoxy groups -OCH3 is 1. The fourth-order valence-electron chi connectivity index (χ4n) is 3.97. The Hall–Kier alpha value is -3.27. The highest BCUT2D eigenvalue weighted by Crippen LogP contribution is 2.32. The van der Waals surface area contributed by atoms with Crippen molar-refractivity contribution in [2.45, 2.75) is 39.2 Å². The van der Waals surface area contributed by atoms with Gasteiger partial charge in [-0.3, -0.25) is 14.3 Å². The highest BCUT2D eigenvalue weighted by molar-refractivity contribution is 5.63. The number of fused-ring (bicyclic) bond motifs is 1. The molecule has 1 aromatic rings. The van der Waals surface area contributed by atoms with Crippen LogP contribution in [0.3, 0.4) is 0 Å². The summed E-state index contributed by atoms with van der Waals surface area (Å²) in [5, 5.41) is 4.56. The molecule has 0 saturated carbocycles. The molecule has 10 heteroatoms. The smallest absolute Gasteiger partial charge is 0.352 e. The van der Waals surface area contributed by atoms with Crippen molar-refractivity contribution >= 4 is 0 Å². The average Bonchev–Trinajstić information content (AvgIpc) is 2.83. The van der Waals surface area contributed by atoms with E-state index in [9.17, 15) is 9.59 Å². The minimum absolute atomic E-state index is 0.0941. The van der Waals surface area contributed by atoms with Gasteiger partial charge in [-0.05, 0) is 58.0 Å². The lowest BCUT2D eigenvalue weighted by Gasteiger charge is -2.26. The SMILES string of the molecule is COc1cc(-c2nc3c(=O)n(C)c(=O)nc-3n(C(C)C)n2)ccc1OCCN1CCCCC1. The second-order valence-electron chi connectivity index (χ2n) is 8.52. The molecule has 0 aliphatic carbocycles. The summed E-state index contributed by atoms with van der Waals surface area (Å²) in [6.07, 6.45) is 3.80. The minimum Gasteiger partial charge on any atom is -0.493 e. The van der Waals surface area contributed by atoms with Gasteiger partial charge in [0.15, 0.2) is 28.8 Å².